The zero-order valence-electron chi connectivity index (χ0n) is 13.0. The van der Waals surface area contributed by atoms with Gasteiger partial charge in [0.05, 0.1) is 17.6 Å². The number of carboxylic acids is 1. The molecule has 1 aromatic heterocycles. The van der Waals surface area contributed by atoms with Crippen LogP contribution in [0.3, 0.4) is 0 Å². The molecule has 0 bridgehead atoms. The van der Waals surface area contributed by atoms with Crippen molar-refractivity contribution >= 4 is 17.6 Å². The number of nitrogens with one attached hydrogen (secondary N) is 1. The standard InChI is InChI=1S/C16H15F2N3O3/c1-9-12(13(22)23)7-19-21(9)11-5-3-4-10(6-11)20-14(24)15(2)8-16(15,17)18/h3-7H,8H2,1-2H3,(H,20,24)(H,22,23). The van der Waals surface area contributed by atoms with Crippen LogP contribution in [0.2, 0.25) is 0 Å². The smallest absolute Gasteiger partial charge is 0.339 e. The van der Waals surface area contributed by atoms with Crippen molar-refractivity contribution in [2.75, 3.05) is 5.32 Å². The van der Waals surface area contributed by atoms with E-state index in [0.717, 1.165) is 0 Å². The average Bonchev–Trinajstić information content (AvgIpc) is 2.84. The molecular weight excluding hydrogens is 320 g/mol. The number of benzene rings is 1. The molecule has 24 heavy (non-hydrogen) atoms. The third kappa shape index (κ3) is 2.44. The molecule has 0 spiro atoms. The van der Waals surface area contributed by atoms with Gasteiger partial charge in [0, 0.05) is 12.1 Å². The first-order valence-corrected chi connectivity index (χ1v) is 7.23. The van der Waals surface area contributed by atoms with Gasteiger partial charge in [-0.25, -0.2) is 18.3 Å². The Morgan fingerprint density at radius 3 is 2.58 bits per heavy atom. The summed E-state index contributed by atoms with van der Waals surface area (Å²) in [7, 11) is 0. The van der Waals surface area contributed by atoms with Gasteiger partial charge in [-0.1, -0.05) is 6.07 Å². The highest BCUT2D eigenvalue weighted by Gasteiger charge is 2.72. The second kappa shape index (κ2) is 5.12. The summed E-state index contributed by atoms with van der Waals surface area (Å²) in [6, 6.07) is 6.42. The van der Waals surface area contributed by atoms with Gasteiger partial charge in [0.15, 0.2) is 0 Å². The number of aromatic nitrogens is 2. The Morgan fingerprint density at radius 1 is 1.38 bits per heavy atom. The van der Waals surface area contributed by atoms with Crippen LogP contribution in [0.15, 0.2) is 30.5 Å². The van der Waals surface area contributed by atoms with Crippen molar-refractivity contribution in [3.05, 3.63) is 41.7 Å². The molecule has 0 aliphatic heterocycles. The normalized spacial score (nSPS) is 21.3. The summed E-state index contributed by atoms with van der Waals surface area (Å²) >= 11 is 0. The molecule has 1 amide bonds. The van der Waals surface area contributed by atoms with E-state index in [9.17, 15) is 18.4 Å². The molecule has 1 fully saturated rings. The van der Waals surface area contributed by atoms with Gasteiger partial charge in [0.2, 0.25) is 5.91 Å². The Bertz CT molecular complexity index is 847. The molecule has 1 aliphatic carbocycles. The lowest BCUT2D eigenvalue weighted by Crippen LogP contribution is -2.26. The summed E-state index contributed by atoms with van der Waals surface area (Å²) in [5, 5.41) is 15.6. The highest BCUT2D eigenvalue weighted by atomic mass is 19.3. The minimum absolute atomic E-state index is 0.0644. The second-order valence-electron chi connectivity index (χ2n) is 6.08. The van der Waals surface area contributed by atoms with Gasteiger partial charge in [-0.3, -0.25) is 4.79 Å². The SMILES string of the molecule is Cc1c(C(=O)O)cnn1-c1cccc(NC(=O)C2(C)CC2(F)F)c1. The summed E-state index contributed by atoms with van der Waals surface area (Å²) in [5.41, 5.74) is -0.332. The number of hydrogen-bond donors (Lipinski definition) is 2. The van der Waals surface area contributed by atoms with Crippen LogP contribution in [-0.2, 0) is 4.79 Å². The minimum Gasteiger partial charge on any atom is -0.478 e. The quantitative estimate of drug-likeness (QED) is 0.900. The van der Waals surface area contributed by atoms with Crippen molar-refractivity contribution in [2.45, 2.75) is 26.2 Å². The summed E-state index contributed by atoms with van der Waals surface area (Å²) in [6.07, 6.45) is 0.764. The summed E-state index contributed by atoms with van der Waals surface area (Å²) < 4.78 is 28.0. The first kappa shape index (κ1) is 16.1. The topological polar surface area (TPSA) is 84.2 Å². The number of carboxylic acid groups (broad SMARTS) is 1. The van der Waals surface area contributed by atoms with Crippen LogP contribution in [0, 0.1) is 12.3 Å². The van der Waals surface area contributed by atoms with E-state index in [2.05, 4.69) is 10.4 Å². The molecule has 126 valence electrons. The number of carbonyl (C=O) groups is 2. The van der Waals surface area contributed by atoms with E-state index in [1.165, 1.54) is 17.8 Å². The Morgan fingerprint density at radius 2 is 2.04 bits per heavy atom. The molecule has 1 atom stereocenters. The predicted molar refractivity (Wildman–Crippen MR) is 81.6 cm³/mol. The van der Waals surface area contributed by atoms with Crippen LogP contribution in [0.4, 0.5) is 14.5 Å². The van der Waals surface area contributed by atoms with E-state index in [0.29, 0.717) is 17.1 Å². The first-order chi connectivity index (χ1) is 11.2. The summed E-state index contributed by atoms with van der Waals surface area (Å²) in [4.78, 5) is 23.1. The second-order valence-corrected chi connectivity index (χ2v) is 6.08. The Kier molecular flexibility index (Phi) is 3.43. The number of anilines is 1. The van der Waals surface area contributed by atoms with Crippen LogP contribution >= 0.6 is 0 Å². The van der Waals surface area contributed by atoms with Crippen LogP contribution in [0.25, 0.3) is 5.69 Å². The van der Waals surface area contributed by atoms with Gasteiger partial charge in [-0.05, 0) is 32.0 Å². The van der Waals surface area contributed by atoms with Gasteiger partial charge in [-0.15, -0.1) is 0 Å². The van der Waals surface area contributed by atoms with E-state index in [1.54, 1.807) is 31.2 Å². The molecule has 1 aliphatic rings. The molecule has 0 saturated heterocycles. The molecule has 1 aromatic carbocycles. The van der Waals surface area contributed by atoms with Crippen LogP contribution in [0.5, 0.6) is 0 Å². The lowest BCUT2D eigenvalue weighted by Gasteiger charge is -2.12. The monoisotopic (exact) mass is 335 g/mol. The Hall–Kier alpha value is -2.77. The van der Waals surface area contributed by atoms with Crippen molar-refractivity contribution in [1.29, 1.82) is 0 Å². The lowest BCUT2D eigenvalue weighted by molar-refractivity contribution is -0.123. The first-order valence-electron chi connectivity index (χ1n) is 7.23. The highest BCUT2D eigenvalue weighted by molar-refractivity contribution is 5.98. The molecule has 8 heteroatoms. The minimum atomic E-state index is -2.98. The van der Waals surface area contributed by atoms with E-state index < -0.39 is 29.6 Å². The number of alkyl halides is 2. The average molecular weight is 335 g/mol. The zero-order valence-corrected chi connectivity index (χ0v) is 13.0. The van der Waals surface area contributed by atoms with Crippen molar-refractivity contribution in [3.8, 4) is 5.69 Å². The van der Waals surface area contributed by atoms with Gasteiger partial charge in [-0.2, -0.15) is 5.10 Å². The maximum Gasteiger partial charge on any atom is 0.339 e. The fourth-order valence-electron chi connectivity index (χ4n) is 2.51. The largest absolute Gasteiger partial charge is 0.478 e. The van der Waals surface area contributed by atoms with Gasteiger partial charge < -0.3 is 10.4 Å². The van der Waals surface area contributed by atoms with Gasteiger partial charge in [0.1, 0.15) is 11.0 Å². The Labute approximate surface area is 136 Å². The van der Waals surface area contributed by atoms with Crippen molar-refractivity contribution in [1.82, 2.24) is 9.78 Å². The fourth-order valence-corrected chi connectivity index (χ4v) is 2.51. The number of nitrogens with zero attached hydrogens (tertiary/aromatic N) is 2. The fraction of sp³-hybridized carbons (Fsp3) is 0.312. The maximum absolute atomic E-state index is 13.3. The van der Waals surface area contributed by atoms with Gasteiger partial charge in [0.25, 0.3) is 5.92 Å². The van der Waals surface area contributed by atoms with E-state index in [4.69, 9.17) is 5.11 Å². The van der Waals surface area contributed by atoms with E-state index >= 15 is 0 Å². The zero-order chi connectivity index (χ0) is 17.7. The van der Waals surface area contributed by atoms with Gasteiger partial charge >= 0.3 is 5.97 Å². The van der Waals surface area contributed by atoms with Crippen molar-refractivity contribution in [3.63, 3.8) is 0 Å². The highest BCUT2D eigenvalue weighted by Crippen LogP contribution is 2.60. The molecular formula is C16H15F2N3O3. The number of aromatic carboxylic acids is 1. The number of rotatable bonds is 4. The van der Waals surface area contributed by atoms with Crippen molar-refractivity contribution < 1.29 is 23.5 Å². The number of halogens is 2. The third-order valence-corrected chi connectivity index (χ3v) is 4.35. The molecule has 1 heterocycles. The van der Waals surface area contributed by atoms with Crippen LogP contribution in [-0.4, -0.2) is 32.7 Å². The summed E-state index contributed by atoms with van der Waals surface area (Å²) in [5.74, 6) is -4.82. The molecule has 1 unspecified atom stereocenters. The van der Waals surface area contributed by atoms with Crippen LogP contribution < -0.4 is 5.32 Å². The molecule has 0 radical (unpaired) electrons. The van der Waals surface area contributed by atoms with E-state index in [1.807, 2.05) is 0 Å². The predicted octanol–water partition coefficient (Wildman–Crippen LogP) is 2.86. The molecule has 3 rings (SSSR count). The van der Waals surface area contributed by atoms with E-state index in [-0.39, 0.29) is 5.56 Å². The molecule has 2 N–H and O–H groups in total. The van der Waals surface area contributed by atoms with Crippen molar-refractivity contribution in [2.24, 2.45) is 5.41 Å². The molecule has 2 aromatic rings. The Balaban J connectivity index is 1.85. The third-order valence-electron chi connectivity index (χ3n) is 4.35. The summed E-state index contributed by atoms with van der Waals surface area (Å²) in [6.45, 7) is 2.83. The maximum atomic E-state index is 13.3. The lowest BCUT2D eigenvalue weighted by atomic mass is 10.1. The molecule has 6 nitrogen and oxygen atoms in total. The number of amides is 1. The van der Waals surface area contributed by atoms with Crippen LogP contribution in [0.1, 0.15) is 29.4 Å². The number of hydrogen-bond acceptors (Lipinski definition) is 3. The molecule has 1 saturated carbocycles. The number of carbonyl (C=O) groups excluding carboxylic acids is 1.